The van der Waals surface area contributed by atoms with E-state index in [9.17, 15) is 10.4 Å². The van der Waals surface area contributed by atoms with E-state index in [1.165, 1.54) is 0 Å². The lowest BCUT2D eigenvalue weighted by Gasteiger charge is -2.22. The van der Waals surface area contributed by atoms with Crippen LogP contribution in [0.25, 0.3) is 0 Å². The number of nitriles is 1. The highest BCUT2D eigenvalue weighted by molar-refractivity contribution is 7.99. The van der Waals surface area contributed by atoms with Gasteiger partial charge in [-0.05, 0) is 31.2 Å². The van der Waals surface area contributed by atoms with Gasteiger partial charge in [-0.1, -0.05) is 13.0 Å². The molecule has 4 heteroatoms. The molecule has 1 aliphatic rings. The van der Waals surface area contributed by atoms with Crippen molar-refractivity contribution in [1.82, 2.24) is 0 Å². The normalized spacial score (nSPS) is 20.3. The molecule has 1 saturated heterocycles. The van der Waals surface area contributed by atoms with Crippen LogP contribution in [-0.4, -0.2) is 30.1 Å². The fourth-order valence-electron chi connectivity index (χ4n) is 2.57. The fourth-order valence-corrected chi connectivity index (χ4v) is 3.35. The summed E-state index contributed by atoms with van der Waals surface area (Å²) in [6.07, 6.45) is 0.719. The number of anilines is 1. The van der Waals surface area contributed by atoms with Gasteiger partial charge in [-0.15, -0.1) is 11.8 Å². The monoisotopic (exact) mass is 276 g/mol. The van der Waals surface area contributed by atoms with Crippen LogP contribution in [0.2, 0.25) is 0 Å². The van der Waals surface area contributed by atoms with Crippen LogP contribution >= 0.6 is 11.8 Å². The molecule has 102 valence electrons. The first-order valence-corrected chi connectivity index (χ1v) is 7.74. The molecule has 0 aromatic heterocycles. The van der Waals surface area contributed by atoms with Crippen molar-refractivity contribution in [1.29, 1.82) is 5.26 Å². The number of hydrogen-bond acceptors (Lipinski definition) is 4. The van der Waals surface area contributed by atoms with E-state index in [1.54, 1.807) is 11.8 Å². The van der Waals surface area contributed by atoms with Gasteiger partial charge in [0.2, 0.25) is 0 Å². The molecular weight excluding hydrogens is 256 g/mol. The minimum atomic E-state index is -0.274. The molecule has 0 bridgehead atoms. The van der Waals surface area contributed by atoms with Crippen molar-refractivity contribution in [3.63, 3.8) is 0 Å². The average Bonchev–Trinajstić information content (AvgIpc) is 2.88. The molecule has 0 aliphatic carbocycles. The Bertz CT molecular complexity index is 482. The molecule has 2 rings (SSSR count). The summed E-state index contributed by atoms with van der Waals surface area (Å²) in [5.74, 6) is 1.28. The van der Waals surface area contributed by atoms with Crippen LogP contribution in [0.4, 0.5) is 5.69 Å². The Hall–Kier alpha value is -1.18. The van der Waals surface area contributed by atoms with Crippen molar-refractivity contribution >= 4 is 17.4 Å². The van der Waals surface area contributed by atoms with Gasteiger partial charge < -0.3 is 10.0 Å². The zero-order chi connectivity index (χ0) is 13.8. The van der Waals surface area contributed by atoms with Crippen molar-refractivity contribution in [2.45, 2.75) is 31.3 Å². The van der Waals surface area contributed by atoms with Gasteiger partial charge in [0.15, 0.2) is 0 Å². The van der Waals surface area contributed by atoms with Gasteiger partial charge in [-0.25, -0.2) is 0 Å². The second-order valence-corrected chi connectivity index (χ2v) is 6.24. The standard InChI is InChI=1S/C15H20N2OS/c1-3-19-15-6-4-5-14(13(15)9-16)17-8-7-12(10-17)11(2)18/h4-6,11-12,18H,3,7-8,10H2,1-2H3. The van der Waals surface area contributed by atoms with Crippen LogP contribution in [0.5, 0.6) is 0 Å². The number of aliphatic hydroxyl groups excluding tert-OH is 1. The second kappa shape index (κ2) is 6.31. The molecule has 1 fully saturated rings. The van der Waals surface area contributed by atoms with Crippen molar-refractivity contribution in [2.24, 2.45) is 5.92 Å². The molecule has 2 unspecified atom stereocenters. The molecule has 3 nitrogen and oxygen atoms in total. The lowest BCUT2D eigenvalue weighted by molar-refractivity contribution is 0.136. The topological polar surface area (TPSA) is 47.3 Å². The summed E-state index contributed by atoms with van der Waals surface area (Å²) in [6, 6.07) is 8.39. The van der Waals surface area contributed by atoms with E-state index in [-0.39, 0.29) is 6.10 Å². The molecule has 0 saturated carbocycles. The summed E-state index contributed by atoms with van der Waals surface area (Å²) in [7, 11) is 0. The SMILES string of the molecule is CCSc1cccc(N2CCC(C(C)O)C2)c1C#N. The predicted molar refractivity (Wildman–Crippen MR) is 79.6 cm³/mol. The van der Waals surface area contributed by atoms with Gasteiger partial charge in [0.1, 0.15) is 6.07 Å². The highest BCUT2D eigenvalue weighted by atomic mass is 32.2. The van der Waals surface area contributed by atoms with E-state index in [1.807, 2.05) is 25.1 Å². The molecular formula is C15H20N2OS. The maximum atomic E-state index is 9.69. The van der Waals surface area contributed by atoms with Crippen molar-refractivity contribution < 1.29 is 5.11 Å². The summed E-state index contributed by atoms with van der Waals surface area (Å²) < 4.78 is 0. The van der Waals surface area contributed by atoms with Crippen LogP contribution < -0.4 is 4.90 Å². The quantitative estimate of drug-likeness (QED) is 0.859. The number of hydrogen-bond donors (Lipinski definition) is 1. The first-order valence-electron chi connectivity index (χ1n) is 6.76. The number of benzene rings is 1. The minimum absolute atomic E-state index is 0.274. The lowest BCUT2D eigenvalue weighted by Crippen LogP contribution is -2.24. The number of nitrogens with zero attached hydrogens (tertiary/aromatic N) is 2. The largest absolute Gasteiger partial charge is 0.393 e. The molecule has 1 N–H and O–H groups in total. The van der Waals surface area contributed by atoms with E-state index < -0.39 is 0 Å². The third kappa shape index (κ3) is 3.05. The maximum Gasteiger partial charge on any atom is 0.103 e. The zero-order valence-electron chi connectivity index (χ0n) is 11.5. The number of thioether (sulfide) groups is 1. The third-order valence-corrected chi connectivity index (χ3v) is 4.60. The number of rotatable bonds is 4. The molecule has 2 atom stereocenters. The Morgan fingerprint density at radius 2 is 2.37 bits per heavy atom. The van der Waals surface area contributed by atoms with Gasteiger partial charge >= 0.3 is 0 Å². The maximum absolute atomic E-state index is 9.69. The van der Waals surface area contributed by atoms with Crippen LogP contribution in [0.15, 0.2) is 23.1 Å². The molecule has 1 aromatic rings. The molecule has 0 radical (unpaired) electrons. The van der Waals surface area contributed by atoms with Crippen LogP contribution in [0.1, 0.15) is 25.8 Å². The second-order valence-electron chi connectivity index (χ2n) is 4.93. The van der Waals surface area contributed by atoms with Crippen molar-refractivity contribution in [2.75, 3.05) is 23.7 Å². The van der Waals surface area contributed by atoms with E-state index in [0.29, 0.717) is 5.92 Å². The Kier molecular flexibility index (Phi) is 4.73. The number of aliphatic hydroxyl groups is 1. The average molecular weight is 276 g/mol. The van der Waals surface area contributed by atoms with Crippen molar-refractivity contribution in [3.8, 4) is 6.07 Å². The van der Waals surface area contributed by atoms with Gasteiger partial charge in [-0.3, -0.25) is 0 Å². The fraction of sp³-hybridized carbons (Fsp3) is 0.533. The van der Waals surface area contributed by atoms with Crippen molar-refractivity contribution in [3.05, 3.63) is 23.8 Å². The van der Waals surface area contributed by atoms with E-state index in [2.05, 4.69) is 17.9 Å². The third-order valence-electron chi connectivity index (χ3n) is 3.66. The van der Waals surface area contributed by atoms with Gasteiger partial charge in [-0.2, -0.15) is 5.26 Å². The van der Waals surface area contributed by atoms with Gasteiger partial charge in [0, 0.05) is 23.9 Å². The first-order chi connectivity index (χ1) is 9.17. The zero-order valence-corrected chi connectivity index (χ0v) is 12.3. The Balaban J connectivity index is 2.26. The predicted octanol–water partition coefficient (Wildman–Crippen LogP) is 2.88. The summed E-state index contributed by atoms with van der Waals surface area (Å²) in [5, 5.41) is 19.1. The first kappa shape index (κ1) is 14.2. The Morgan fingerprint density at radius 1 is 1.58 bits per heavy atom. The molecule has 1 aliphatic heterocycles. The molecule has 19 heavy (non-hydrogen) atoms. The Labute approximate surface area is 119 Å². The molecule has 0 amide bonds. The summed E-state index contributed by atoms with van der Waals surface area (Å²) in [6.45, 7) is 5.71. The summed E-state index contributed by atoms with van der Waals surface area (Å²) >= 11 is 1.71. The summed E-state index contributed by atoms with van der Waals surface area (Å²) in [5.41, 5.74) is 1.80. The van der Waals surface area contributed by atoms with Crippen LogP contribution in [0.3, 0.4) is 0 Å². The summed E-state index contributed by atoms with van der Waals surface area (Å²) in [4.78, 5) is 3.29. The molecule has 1 aromatic carbocycles. The van der Waals surface area contributed by atoms with Gasteiger partial charge in [0.25, 0.3) is 0 Å². The van der Waals surface area contributed by atoms with Crippen LogP contribution in [0, 0.1) is 17.2 Å². The van der Waals surface area contributed by atoms with E-state index in [4.69, 9.17) is 0 Å². The minimum Gasteiger partial charge on any atom is -0.393 e. The van der Waals surface area contributed by atoms with Gasteiger partial charge in [0.05, 0.1) is 17.4 Å². The molecule has 0 spiro atoms. The van der Waals surface area contributed by atoms with Crippen LogP contribution in [-0.2, 0) is 0 Å². The lowest BCUT2D eigenvalue weighted by atomic mass is 10.0. The highest BCUT2D eigenvalue weighted by Gasteiger charge is 2.27. The Morgan fingerprint density at radius 3 is 2.95 bits per heavy atom. The van der Waals surface area contributed by atoms with E-state index in [0.717, 1.165) is 41.4 Å². The highest BCUT2D eigenvalue weighted by Crippen LogP contribution is 2.33. The molecule has 1 heterocycles. The van der Waals surface area contributed by atoms with E-state index >= 15 is 0 Å². The smallest absolute Gasteiger partial charge is 0.103 e.